The van der Waals surface area contributed by atoms with Crippen molar-refractivity contribution in [2.75, 3.05) is 7.05 Å². The number of hydrogen-bond acceptors (Lipinski definition) is 3. The van der Waals surface area contributed by atoms with Crippen LogP contribution in [0.4, 0.5) is 0 Å². The standard InChI is InChI=1S/C16H21NO2/c1-11-5-6-12(2)16(13(11)3)19-10-14-7-8-18-15(14)9-17-4/h5-8,17H,9-10H2,1-4H3. The van der Waals surface area contributed by atoms with Gasteiger partial charge in [-0.3, -0.25) is 0 Å². The second-order valence-electron chi connectivity index (χ2n) is 4.84. The van der Waals surface area contributed by atoms with Gasteiger partial charge in [-0.25, -0.2) is 0 Å². The molecule has 2 rings (SSSR count). The van der Waals surface area contributed by atoms with Crippen LogP contribution in [0, 0.1) is 20.8 Å². The Kier molecular flexibility index (Phi) is 4.27. The number of aryl methyl sites for hydroxylation is 2. The molecule has 0 bridgehead atoms. The van der Waals surface area contributed by atoms with Crippen LogP contribution in [-0.2, 0) is 13.2 Å². The van der Waals surface area contributed by atoms with Gasteiger partial charge in [-0.2, -0.15) is 0 Å². The molecule has 3 heteroatoms. The predicted molar refractivity (Wildman–Crippen MR) is 76.5 cm³/mol. The predicted octanol–water partition coefficient (Wildman–Crippen LogP) is 3.50. The smallest absolute Gasteiger partial charge is 0.125 e. The Morgan fingerprint density at radius 3 is 2.58 bits per heavy atom. The summed E-state index contributed by atoms with van der Waals surface area (Å²) < 4.78 is 11.4. The fourth-order valence-electron chi connectivity index (χ4n) is 2.11. The van der Waals surface area contributed by atoms with E-state index in [9.17, 15) is 0 Å². The first-order valence-corrected chi connectivity index (χ1v) is 6.53. The number of benzene rings is 1. The van der Waals surface area contributed by atoms with E-state index in [0.29, 0.717) is 6.61 Å². The van der Waals surface area contributed by atoms with E-state index in [0.717, 1.165) is 23.6 Å². The third kappa shape index (κ3) is 2.99. The van der Waals surface area contributed by atoms with Crippen molar-refractivity contribution < 1.29 is 9.15 Å². The molecule has 0 spiro atoms. The average Bonchev–Trinajstić information content (AvgIpc) is 2.82. The molecule has 0 unspecified atom stereocenters. The van der Waals surface area contributed by atoms with Gasteiger partial charge >= 0.3 is 0 Å². The van der Waals surface area contributed by atoms with Crippen LogP contribution in [0.2, 0.25) is 0 Å². The molecule has 1 N–H and O–H groups in total. The Bertz CT molecular complexity index is 558. The fraction of sp³-hybridized carbons (Fsp3) is 0.375. The normalized spacial score (nSPS) is 10.7. The van der Waals surface area contributed by atoms with Crippen molar-refractivity contribution in [1.82, 2.24) is 5.32 Å². The van der Waals surface area contributed by atoms with Crippen molar-refractivity contribution in [3.8, 4) is 5.75 Å². The molecule has 0 saturated heterocycles. The van der Waals surface area contributed by atoms with Crippen LogP contribution in [0.25, 0.3) is 0 Å². The van der Waals surface area contributed by atoms with E-state index in [4.69, 9.17) is 9.15 Å². The van der Waals surface area contributed by atoms with E-state index in [1.807, 2.05) is 13.1 Å². The summed E-state index contributed by atoms with van der Waals surface area (Å²) in [5.74, 6) is 1.92. The molecular weight excluding hydrogens is 238 g/mol. The molecule has 0 aliphatic heterocycles. The summed E-state index contributed by atoms with van der Waals surface area (Å²) in [6, 6.07) is 6.19. The molecule has 1 heterocycles. The zero-order valence-corrected chi connectivity index (χ0v) is 12.0. The molecule has 2 aromatic rings. The first-order valence-electron chi connectivity index (χ1n) is 6.53. The highest BCUT2D eigenvalue weighted by molar-refractivity contribution is 5.44. The number of ether oxygens (including phenoxy) is 1. The van der Waals surface area contributed by atoms with Crippen LogP contribution in [0.1, 0.15) is 28.0 Å². The second kappa shape index (κ2) is 5.93. The van der Waals surface area contributed by atoms with E-state index >= 15 is 0 Å². The molecular formula is C16H21NO2. The monoisotopic (exact) mass is 259 g/mol. The van der Waals surface area contributed by atoms with E-state index in [1.165, 1.54) is 16.7 Å². The number of furan rings is 1. The van der Waals surface area contributed by atoms with Crippen LogP contribution in [0.3, 0.4) is 0 Å². The van der Waals surface area contributed by atoms with Gasteiger partial charge in [0.15, 0.2) is 0 Å². The topological polar surface area (TPSA) is 34.4 Å². The van der Waals surface area contributed by atoms with E-state index in [2.05, 4.69) is 38.2 Å². The van der Waals surface area contributed by atoms with Crippen molar-refractivity contribution in [2.45, 2.75) is 33.9 Å². The maximum atomic E-state index is 5.99. The Hall–Kier alpha value is -1.74. The molecule has 102 valence electrons. The van der Waals surface area contributed by atoms with Crippen molar-refractivity contribution >= 4 is 0 Å². The fourth-order valence-corrected chi connectivity index (χ4v) is 2.11. The van der Waals surface area contributed by atoms with E-state index < -0.39 is 0 Å². The Balaban J connectivity index is 2.14. The zero-order valence-electron chi connectivity index (χ0n) is 12.0. The lowest BCUT2D eigenvalue weighted by Gasteiger charge is -2.14. The Labute approximate surface area is 114 Å². The van der Waals surface area contributed by atoms with E-state index in [1.54, 1.807) is 6.26 Å². The molecule has 0 radical (unpaired) electrons. The summed E-state index contributed by atoms with van der Waals surface area (Å²) in [4.78, 5) is 0. The number of hydrogen-bond donors (Lipinski definition) is 1. The lowest BCUT2D eigenvalue weighted by Crippen LogP contribution is -2.08. The molecule has 1 aromatic carbocycles. The molecule has 0 fully saturated rings. The minimum absolute atomic E-state index is 0.540. The van der Waals surface area contributed by atoms with Crippen molar-refractivity contribution in [3.63, 3.8) is 0 Å². The van der Waals surface area contributed by atoms with Crippen LogP contribution >= 0.6 is 0 Å². The molecule has 0 aliphatic rings. The van der Waals surface area contributed by atoms with Crippen molar-refractivity contribution in [3.05, 3.63) is 52.5 Å². The minimum atomic E-state index is 0.540. The zero-order chi connectivity index (χ0) is 13.8. The third-order valence-electron chi connectivity index (χ3n) is 3.42. The lowest BCUT2D eigenvalue weighted by atomic mass is 10.1. The van der Waals surface area contributed by atoms with Crippen LogP contribution < -0.4 is 10.1 Å². The summed E-state index contributed by atoms with van der Waals surface area (Å²) in [7, 11) is 1.90. The van der Waals surface area contributed by atoms with Crippen LogP contribution in [0.5, 0.6) is 5.75 Å². The first-order chi connectivity index (χ1) is 9.13. The summed E-state index contributed by atoms with van der Waals surface area (Å²) in [5, 5.41) is 3.09. The average molecular weight is 259 g/mol. The van der Waals surface area contributed by atoms with Crippen molar-refractivity contribution in [2.24, 2.45) is 0 Å². The number of nitrogens with one attached hydrogen (secondary N) is 1. The lowest BCUT2D eigenvalue weighted by molar-refractivity contribution is 0.297. The highest BCUT2D eigenvalue weighted by Crippen LogP contribution is 2.27. The minimum Gasteiger partial charge on any atom is -0.488 e. The van der Waals surface area contributed by atoms with E-state index in [-0.39, 0.29) is 0 Å². The second-order valence-corrected chi connectivity index (χ2v) is 4.84. The molecule has 0 atom stereocenters. The molecule has 3 nitrogen and oxygen atoms in total. The van der Waals surface area contributed by atoms with Gasteiger partial charge in [0.1, 0.15) is 18.1 Å². The van der Waals surface area contributed by atoms with Gasteiger partial charge < -0.3 is 14.5 Å². The van der Waals surface area contributed by atoms with Gasteiger partial charge in [-0.05, 0) is 50.6 Å². The molecule has 19 heavy (non-hydrogen) atoms. The van der Waals surface area contributed by atoms with Gasteiger partial charge in [0.2, 0.25) is 0 Å². The maximum Gasteiger partial charge on any atom is 0.125 e. The van der Waals surface area contributed by atoms with Gasteiger partial charge in [0, 0.05) is 5.56 Å². The Morgan fingerprint density at radius 1 is 1.11 bits per heavy atom. The molecule has 0 amide bonds. The van der Waals surface area contributed by atoms with Crippen LogP contribution in [0.15, 0.2) is 28.9 Å². The summed E-state index contributed by atoms with van der Waals surface area (Å²) >= 11 is 0. The number of rotatable bonds is 5. The molecule has 0 aliphatic carbocycles. The quantitative estimate of drug-likeness (QED) is 0.892. The summed E-state index contributed by atoms with van der Waals surface area (Å²) in [6.07, 6.45) is 1.71. The van der Waals surface area contributed by atoms with Crippen molar-refractivity contribution in [1.29, 1.82) is 0 Å². The third-order valence-corrected chi connectivity index (χ3v) is 3.42. The van der Waals surface area contributed by atoms with Crippen LogP contribution in [-0.4, -0.2) is 7.05 Å². The molecule has 0 saturated carbocycles. The largest absolute Gasteiger partial charge is 0.488 e. The summed E-state index contributed by atoms with van der Waals surface area (Å²) in [6.45, 7) is 7.54. The Morgan fingerprint density at radius 2 is 1.84 bits per heavy atom. The maximum absolute atomic E-state index is 5.99. The van der Waals surface area contributed by atoms with Gasteiger partial charge in [-0.1, -0.05) is 12.1 Å². The van der Waals surface area contributed by atoms with Gasteiger partial charge in [-0.15, -0.1) is 0 Å². The summed E-state index contributed by atoms with van der Waals surface area (Å²) in [5.41, 5.74) is 4.72. The highest BCUT2D eigenvalue weighted by atomic mass is 16.5. The SMILES string of the molecule is CNCc1occc1COc1c(C)ccc(C)c1C. The molecule has 1 aromatic heterocycles. The highest BCUT2D eigenvalue weighted by Gasteiger charge is 2.10. The first kappa shape index (κ1) is 13.7. The van der Waals surface area contributed by atoms with Gasteiger partial charge in [0.05, 0.1) is 12.8 Å². The van der Waals surface area contributed by atoms with Gasteiger partial charge in [0.25, 0.3) is 0 Å².